The van der Waals surface area contributed by atoms with Gasteiger partial charge in [-0.05, 0) is 81.1 Å². The third-order valence-electron chi connectivity index (χ3n) is 8.09. The summed E-state index contributed by atoms with van der Waals surface area (Å²) in [6.45, 7) is 24.6. The first-order valence-corrected chi connectivity index (χ1v) is 20.2. The highest BCUT2D eigenvalue weighted by atomic mass is 35.5. The van der Waals surface area contributed by atoms with Crippen molar-refractivity contribution in [2.45, 2.75) is 145 Å². The van der Waals surface area contributed by atoms with Gasteiger partial charge >= 0.3 is 7.94 Å². The number of unbranched alkanes of at least 4 members (excludes halogenated alkanes) is 3. The molecule has 0 amide bonds. The summed E-state index contributed by atoms with van der Waals surface area (Å²) >= 11 is 0. The maximum atomic E-state index is 6.91. The van der Waals surface area contributed by atoms with E-state index in [0.717, 1.165) is 56.9 Å². The molecule has 1 atom stereocenters. The molecule has 234 valence electrons. The highest BCUT2D eigenvalue weighted by Gasteiger charge is 2.44. The number of halogens is 1. The van der Waals surface area contributed by atoms with Gasteiger partial charge < -0.3 is 16.8 Å². The van der Waals surface area contributed by atoms with Crippen molar-refractivity contribution in [1.82, 2.24) is 0 Å². The van der Waals surface area contributed by atoms with Crippen LogP contribution in [-0.4, -0.2) is 40.4 Å². The Hall–Kier alpha value is -0.183. The normalized spacial score (nSPS) is 17.9. The molecule has 7 heteroatoms. The summed E-state index contributed by atoms with van der Waals surface area (Å²) in [5.41, 5.74) is 3.74. The van der Waals surface area contributed by atoms with E-state index < -0.39 is 16.3 Å². The molecule has 4 nitrogen and oxygen atoms in total. The Morgan fingerprint density at radius 1 is 0.900 bits per heavy atom. The lowest BCUT2D eigenvalue weighted by molar-refractivity contribution is -0.0000177. The average Bonchev–Trinajstić information content (AvgIpc) is 2.90. The van der Waals surface area contributed by atoms with Gasteiger partial charge in [-0.15, -0.1) is 0 Å². The van der Waals surface area contributed by atoms with Gasteiger partial charge in [0.15, 0.2) is 14.5 Å². The number of rotatable bonds is 19. The first kappa shape index (κ1) is 39.8. The molecule has 0 aromatic rings. The zero-order valence-corrected chi connectivity index (χ0v) is 30.4. The van der Waals surface area contributed by atoms with E-state index in [1.165, 1.54) is 29.3 Å². The molecule has 1 aliphatic carbocycles. The summed E-state index contributed by atoms with van der Waals surface area (Å²) < 4.78 is 26.1. The van der Waals surface area contributed by atoms with E-state index in [4.69, 9.17) is 18.0 Å². The summed E-state index contributed by atoms with van der Waals surface area (Å²) in [4.78, 5) is 0. The van der Waals surface area contributed by atoms with Gasteiger partial charge in [0, 0.05) is 11.7 Å². The monoisotopic (exact) mass is 616 g/mol. The van der Waals surface area contributed by atoms with Crippen LogP contribution < -0.4 is 12.4 Å². The van der Waals surface area contributed by atoms with Crippen LogP contribution in [0.1, 0.15) is 121 Å². The van der Waals surface area contributed by atoms with Gasteiger partial charge in [0.1, 0.15) is 0 Å². The minimum Gasteiger partial charge on any atom is -1.00 e. The third-order valence-corrected chi connectivity index (χ3v) is 15.1. The van der Waals surface area contributed by atoms with E-state index in [9.17, 15) is 0 Å². The van der Waals surface area contributed by atoms with Crippen LogP contribution in [0.5, 0.6) is 0 Å². The predicted octanol–water partition coefficient (Wildman–Crippen LogP) is 7.68. The van der Waals surface area contributed by atoms with Gasteiger partial charge in [-0.3, -0.25) is 0 Å². The summed E-state index contributed by atoms with van der Waals surface area (Å²) in [6.07, 6.45) is 11.5. The molecular formula is C33H62ClO4PSi. The lowest BCUT2D eigenvalue weighted by Crippen LogP contribution is -3.00. The highest BCUT2D eigenvalue weighted by Crippen LogP contribution is 2.62. The summed E-state index contributed by atoms with van der Waals surface area (Å²) in [5.74, 6) is 7.07. The van der Waals surface area contributed by atoms with Crippen LogP contribution in [0.2, 0.25) is 18.1 Å². The van der Waals surface area contributed by atoms with E-state index in [0.29, 0.717) is 32.1 Å². The Morgan fingerprint density at radius 2 is 1.38 bits per heavy atom. The van der Waals surface area contributed by atoms with Crippen LogP contribution in [0.3, 0.4) is 0 Å². The van der Waals surface area contributed by atoms with Crippen molar-refractivity contribution in [2.75, 3.05) is 26.0 Å². The first-order valence-electron chi connectivity index (χ1n) is 15.9. The molecule has 40 heavy (non-hydrogen) atoms. The van der Waals surface area contributed by atoms with Crippen LogP contribution >= 0.6 is 7.94 Å². The quantitative estimate of drug-likeness (QED) is 0.0645. The third kappa shape index (κ3) is 13.4. The molecule has 0 radical (unpaired) electrons. The van der Waals surface area contributed by atoms with Crippen LogP contribution in [0.4, 0.5) is 0 Å². The van der Waals surface area contributed by atoms with Crippen molar-refractivity contribution in [2.24, 2.45) is 5.41 Å². The maximum absolute atomic E-state index is 6.91. The second-order valence-corrected chi connectivity index (χ2v) is 19.0. The Bertz CT molecular complexity index is 791. The molecular weight excluding hydrogens is 555 g/mol. The molecule has 0 aromatic carbocycles. The summed E-state index contributed by atoms with van der Waals surface area (Å²) in [5, 5.41) is 0. The molecule has 0 aromatic heterocycles. The zero-order chi connectivity index (χ0) is 29.4. The molecule has 1 rings (SSSR count). The van der Waals surface area contributed by atoms with E-state index in [1.807, 2.05) is 0 Å². The second-order valence-electron chi connectivity index (χ2n) is 11.9. The molecule has 1 aliphatic rings. The number of hydrogen-bond donors (Lipinski definition) is 0. The lowest BCUT2D eigenvalue weighted by atomic mass is 9.72. The smallest absolute Gasteiger partial charge is 0.415 e. The largest absolute Gasteiger partial charge is 1.00 e. The van der Waals surface area contributed by atoms with E-state index in [2.05, 4.69) is 87.2 Å². The zero-order valence-electron chi connectivity index (χ0n) is 27.7. The predicted molar refractivity (Wildman–Crippen MR) is 174 cm³/mol. The Kier molecular flexibility index (Phi) is 20.6. The minimum atomic E-state index is -2.44. The molecule has 0 unspecified atom stereocenters. The molecule has 0 aliphatic heterocycles. The molecule has 0 fully saturated rings. The number of allylic oxidation sites excluding steroid dienone is 3. The van der Waals surface area contributed by atoms with Gasteiger partial charge in [0.05, 0.1) is 19.8 Å². The van der Waals surface area contributed by atoms with E-state index in [-0.39, 0.29) is 17.8 Å². The number of hydrogen-bond acceptors (Lipinski definition) is 4. The van der Waals surface area contributed by atoms with E-state index >= 15 is 0 Å². The van der Waals surface area contributed by atoms with Gasteiger partial charge in [0.2, 0.25) is 0 Å². The maximum Gasteiger partial charge on any atom is 0.415 e. The summed E-state index contributed by atoms with van der Waals surface area (Å²) in [7, 11) is -4.06. The van der Waals surface area contributed by atoms with Crippen LogP contribution in [-0.2, 0) is 18.0 Å². The van der Waals surface area contributed by atoms with Crippen LogP contribution in [0.25, 0.3) is 0 Å². The SMILES string of the molecule is CCCCO[P+](C/C=C(\C)C#CC1=C(C)C[C@@H](O[Si](CC)(CC)CC)CC1(C)C)(OCCCC)OCCCC.[Cl-]. The van der Waals surface area contributed by atoms with Crippen molar-refractivity contribution in [3.05, 3.63) is 22.8 Å². The first-order chi connectivity index (χ1) is 18.6. The fourth-order valence-corrected chi connectivity index (χ4v) is 10.4. The standard InChI is InChI=1S/C33H62O4PSi.ClH/c1-11-17-23-34-38(35-24-18-12-2,36-25-19-13-3)26-22-29(7)20-21-32-30(8)27-31(28-33(32,9)10)37-39(14-4,15-5)16-6;/h22,31H,11-19,23-28H2,1-10H3;1H/q+1;/p-1/b29-22+;/t31-;/m1./s1. The topological polar surface area (TPSA) is 36.9 Å². The molecule has 0 spiro atoms. The van der Waals surface area contributed by atoms with Crippen molar-refractivity contribution >= 4 is 16.3 Å². The molecule has 0 saturated heterocycles. The second kappa shape index (κ2) is 20.7. The van der Waals surface area contributed by atoms with Crippen molar-refractivity contribution in [1.29, 1.82) is 0 Å². The van der Waals surface area contributed by atoms with E-state index in [1.54, 1.807) is 0 Å². The van der Waals surface area contributed by atoms with Gasteiger partial charge in [-0.1, -0.05) is 92.1 Å². The Morgan fingerprint density at radius 3 is 1.77 bits per heavy atom. The highest BCUT2D eigenvalue weighted by molar-refractivity contribution is 7.61. The molecule has 0 N–H and O–H groups in total. The Labute approximate surface area is 256 Å². The molecule has 0 saturated carbocycles. The van der Waals surface area contributed by atoms with Crippen LogP contribution in [0.15, 0.2) is 22.8 Å². The van der Waals surface area contributed by atoms with Crippen molar-refractivity contribution < 1.29 is 30.4 Å². The van der Waals surface area contributed by atoms with Gasteiger partial charge in [-0.2, -0.15) is 13.6 Å². The minimum absolute atomic E-state index is 0. The summed E-state index contributed by atoms with van der Waals surface area (Å²) in [6, 6.07) is 3.60. The van der Waals surface area contributed by atoms with Crippen LogP contribution in [0, 0.1) is 17.3 Å². The van der Waals surface area contributed by atoms with Crippen molar-refractivity contribution in [3.63, 3.8) is 0 Å². The van der Waals surface area contributed by atoms with Gasteiger partial charge in [-0.25, -0.2) is 0 Å². The fraction of sp³-hybridized carbons (Fsp3) is 0.818. The average molecular weight is 617 g/mol. The molecule has 0 heterocycles. The molecule has 0 bridgehead atoms. The van der Waals surface area contributed by atoms with Gasteiger partial charge in [0.25, 0.3) is 0 Å². The van der Waals surface area contributed by atoms with Crippen molar-refractivity contribution in [3.8, 4) is 11.8 Å². The fourth-order valence-electron chi connectivity index (χ4n) is 5.25. The Balaban J connectivity index is 0.0000152. The lowest BCUT2D eigenvalue weighted by Gasteiger charge is -2.41.